The quantitative estimate of drug-likeness (QED) is 0.497. The molecule has 2 heterocycles. The molecule has 1 fully saturated rings. The third kappa shape index (κ3) is 4.88. The van der Waals surface area contributed by atoms with Crippen LogP contribution in [0.15, 0.2) is 27.7 Å². The van der Waals surface area contributed by atoms with Crippen LogP contribution in [-0.2, 0) is 11.3 Å². The topological polar surface area (TPSA) is 84.2 Å². The number of carbonyl (C=O) groups is 1. The van der Waals surface area contributed by atoms with Crippen molar-refractivity contribution >= 4 is 71.5 Å². The molecule has 25 heavy (non-hydrogen) atoms. The number of benzene rings is 1. The Morgan fingerprint density at radius 3 is 2.96 bits per heavy atom. The van der Waals surface area contributed by atoms with Crippen molar-refractivity contribution in [1.82, 2.24) is 14.9 Å². The zero-order chi connectivity index (χ0) is 17.3. The van der Waals surface area contributed by atoms with Crippen LogP contribution in [0.25, 0.3) is 10.9 Å². The van der Waals surface area contributed by atoms with E-state index in [0.29, 0.717) is 26.8 Å². The first-order valence-corrected chi connectivity index (χ1v) is 8.90. The van der Waals surface area contributed by atoms with E-state index in [9.17, 15) is 14.7 Å². The number of ketones is 1. The molecule has 0 spiro atoms. The van der Waals surface area contributed by atoms with Crippen LogP contribution in [0.2, 0.25) is 5.02 Å². The number of aliphatic hydroxyl groups is 1. The number of piperidine rings is 1. The molecule has 1 aliphatic rings. The Labute approximate surface area is 178 Å². The van der Waals surface area contributed by atoms with Gasteiger partial charge in [-0.25, -0.2) is 4.98 Å². The van der Waals surface area contributed by atoms with Gasteiger partial charge in [0.05, 0.1) is 34.9 Å². The zero-order valence-electron chi connectivity index (χ0n) is 13.5. The molecule has 134 valence electrons. The number of carbonyl (C=O) groups excluding carboxylic acids is 1. The average Bonchev–Trinajstić information content (AvgIpc) is 2.54. The van der Waals surface area contributed by atoms with Crippen molar-refractivity contribution in [2.75, 3.05) is 6.54 Å². The van der Waals surface area contributed by atoms with E-state index in [4.69, 9.17) is 11.6 Å². The number of hydrogen-bond donors (Lipinski definition) is 2. The summed E-state index contributed by atoms with van der Waals surface area (Å²) in [5, 5.41) is 13.9. The summed E-state index contributed by atoms with van der Waals surface area (Å²) in [5.74, 6) is -0.125. The van der Waals surface area contributed by atoms with Gasteiger partial charge in [-0.15, -0.1) is 0 Å². The van der Waals surface area contributed by atoms with Gasteiger partial charge in [0.25, 0.3) is 5.56 Å². The summed E-state index contributed by atoms with van der Waals surface area (Å²) in [6, 6.07) is 2.97. The predicted molar refractivity (Wildman–Crippen MR) is 104 cm³/mol. The molecule has 0 bridgehead atoms. The molecule has 1 aliphatic heterocycles. The Bertz CT molecular complexity index is 845. The fraction of sp³-hybridized carbons (Fsp3) is 0.438. The molecule has 2 radical (unpaired) electrons. The van der Waals surface area contributed by atoms with Crippen molar-refractivity contribution in [2.45, 2.75) is 38.0 Å². The van der Waals surface area contributed by atoms with Crippen molar-refractivity contribution in [2.24, 2.45) is 0 Å². The third-order valence-electron chi connectivity index (χ3n) is 4.21. The van der Waals surface area contributed by atoms with E-state index < -0.39 is 6.10 Å². The normalized spacial score (nSPS) is 20.3. The molecule has 2 atom stereocenters. The summed E-state index contributed by atoms with van der Waals surface area (Å²) in [6.45, 7) is 0.722. The number of hydrogen-bond acceptors (Lipinski definition) is 5. The molecule has 9 heteroatoms. The van der Waals surface area contributed by atoms with E-state index in [2.05, 4.69) is 26.2 Å². The van der Waals surface area contributed by atoms with Gasteiger partial charge in [0.2, 0.25) is 0 Å². The van der Waals surface area contributed by atoms with Crippen LogP contribution >= 0.6 is 27.5 Å². The standard InChI is InChI=1S/C16H17BrClN3O3.Pb.2H/c17-11-6-13-10(5-12(11)18)16(24)21(8-20-13)7-9(22)4-14-15(23)2-1-3-19-14;;;/h5-6,8,14-15,19,23H,1-4,7H2;;;/t14-,15+;;;/m0.../s1. The second-order valence-electron chi connectivity index (χ2n) is 5.97. The number of fused-ring (bicyclic) bond motifs is 1. The second-order valence-corrected chi connectivity index (χ2v) is 7.24. The number of nitrogens with one attached hydrogen (secondary N) is 1. The molecule has 6 nitrogen and oxygen atoms in total. The Morgan fingerprint density at radius 2 is 2.24 bits per heavy atom. The minimum absolute atomic E-state index is 0. The van der Waals surface area contributed by atoms with Crippen LogP contribution in [0.5, 0.6) is 0 Å². The molecular weight excluding hydrogens is 605 g/mol. The zero-order valence-corrected chi connectivity index (χ0v) is 21.4. The first kappa shape index (κ1) is 20.9. The van der Waals surface area contributed by atoms with Crippen LogP contribution < -0.4 is 10.9 Å². The van der Waals surface area contributed by atoms with Crippen LogP contribution in [0, 0.1) is 0 Å². The van der Waals surface area contributed by atoms with Gasteiger partial charge < -0.3 is 10.4 Å². The SMILES string of the molecule is O=C(C[C@@H]1NCCC[C@H]1O)Cn1cnc2cc(Br)c(Cl)cc2c1=O.[PbH2]. The van der Waals surface area contributed by atoms with Gasteiger partial charge in [-0.3, -0.25) is 14.2 Å². The summed E-state index contributed by atoms with van der Waals surface area (Å²) < 4.78 is 1.94. The molecule has 0 aliphatic carbocycles. The van der Waals surface area contributed by atoms with Gasteiger partial charge in [0, 0.05) is 16.9 Å². The summed E-state index contributed by atoms with van der Waals surface area (Å²) in [4.78, 5) is 29.0. The first-order valence-electron chi connectivity index (χ1n) is 7.73. The average molecular weight is 624 g/mol. The molecular formula is C16H19BrClN3O3Pb. The number of aromatic nitrogens is 2. The van der Waals surface area contributed by atoms with Crippen molar-refractivity contribution < 1.29 is 9.90 Å². The van der Waals surface area contributed by atoms with Gasteiger partial charge in [-0.2, -0.15) is 0 Å². The molecule has 1 aromatic heterocycles. The van der Waals surface area contributed by atoms with E-state index in [1.807, 2.05) is 0 Å². The van der Waals surface area contributed by atoms with E-state index >= 15 is 0 Å². The summed E-state index contributed by atoms with van der Waals surface area (Å²) in [7, 11) is 0. The van der Waals surface area contributed by atoms with Gasteiger partial charge >= 0.3 is 27.3 Å². The fourth-order valence-corrected chi connectivity index (χ4v) is 3.40. The number of Topliss-reactive ketones (excluding diaryl/α,β-unsaturated/α-hetero) is 1. The van der Waals surface area contributed by atoms with Crippen LogP contribution in [-0.4, -0.2) is 66.4 Å². The maximum atomic E-state index is 12.5. The van der Waals surface area contributed by atoms with Gasteiger partial charge in [0.15, 0.2) is 5.78 Å². The summed E-state index contributed by atoms with van der Waals surface area (Å²) in [6.07, 6.45) is 2.62. The van der Waals surface area contributed by atoms with Gasteiger partial charge in [-0.1, -0.05) is 11.6 Å². The van der Waals surface area contributed by atoms with Gasteiger partial charge in [-0.05, 0) is 47.4 Å². The molecule has 1 aromatic carbocycles. The summed E-state index contributed by atoms with van der Waals surface area (Å²) in [5.41, 5.74) is 0.212. The minimum atomic E-state index is -0.523. The molecule has 0 amide bonds. The Hall–Kier alpha value is -0.358. The van der Waals surface area contributed by atoms with Crippen molar-refractivity contribution in [1.29, 1.82) is 0 Å². The third-order valence-corrected chi connectivity index (χ3v) is 5.41. The molecule has 1 saturated heterocycles. The van der Waals surface area contributed by atoms with Crippen molar-refractivity contribution in [3.63, 3.8) is 0 Å². The van der Waals surface area contributed by atoms with E-state index in [-0.39, 0.29) is 57.6 Å². The molecule has 0 saturated carbocycles. The van der Waals surface area contributed by atoms with Crippen molar-refractivity contribution in [3.8, 4) is 0 Å². The van der Waals surface area contributed by atoms with Crippen LogP contribution in [0.4, 0.5) is 0 Å². The Morgan fingerprint density at radius 1 is 1.48 bits per heavy atom. The number of rotatable bonds is 4. The predicted octanol–water partition coefficient (Wildman–Crippen LogP) is 0.968. The number of aliphatic hydroxyl groups excluding tert-OH is 1. The van der Waals surface area contributed by atoms with E-state index in [1.165, 1.54) is 10.9 Å². The number of halogens is 2. The monoisotopic (exact) mass is 623 g/mol. The van der Waals surface area contributed by atoms with E-state index in [1.54, 1.807) is 12.1 Å². The number of nitrogens with zero attached hydrogens (tertiary/aromatic N) is 2. The second kappa shape index (κ2) is 9.03. The van der Waals surface area contributed by atoms with E-state index in [0.717, 1.165) is 13.0 Å². The first-order chi connectivity index (χ1) is 11.5. The maximum absolute atomic E-state index is 12.5. The fourth-order valence-electron chi connectivity index (χ4n) is 2.91. The van der Waals surface area contributed by atoms with Crippen LogP contribution in [0.1, 0.15) is 19.3 Å². The Kier molecular flexibility index (Phi) is 7.56. The summed E-state index contributed by atoms with van der Waals surface area (Å²) >= 11 is 9.33. The van der Waals surface area contributed by atoms with Crippen LogP contribution in [0.3, 0.4) is 0 Å². The molecule has 3 rings (SSSR count). The van der Waals surface area contributed by atoms with Crippen molar-refractivity contribution in [3.05, 3.63) is 38.3 Å². The molecule has 0 unspecified atom stereocenters. The molecule has 2 N–H and O–H groups in total. The van der Waals surface area contributed by atoms with Gasteiger partial charge in [0.1, 0.15) is 0 Å². The molecule has 2 aromatic rings. The Balaban J connectivity index is 0.00000225.